The predicted molar refractivity (Wildman–Crippen MR) is 51.2 cm³/mol. The number of carbonyl (C=O) groups excluding carboxylic acids is 1. The molecule has 0 fully saturated rings. The standard InChI is InChI=1S/C8H13NO.BrH/c1-7(10)8-4-3-5-9(2)6-8;/h4H,3,5-6H2,1-2H3;1H. The van der Waals surface area contributed by atoms with Crippen LogP contribution in [0.2, 0.25) is 0 Å². The molecule has 0 radical (unpaired) electrons. The number of rotatable bonds is 1. The Morgan fingerprint density at radius 3 is 2.64 bits per heavy atom. The Labute approximate surface area is 78.0 Å². The van der Waals surface area contributed by atoms with Crippen LogP contribution < -0.4 is 0 Å². The fourth-order valence-electron chi connectivity index (χ4n) is 1.15. The Morgan fingerprint density at radius 1 is 1.64 bits per heavy atom. The SMILES string of the molecule is Br.CC(=O)C1=CCCN(C)C1. The van der Waals surface area contributed by atoms with E-state index in [1.165, 1.54) is 0 Å². The Morgan fingerprint density at radius 2 is 2.27 bits per heavy atom. The van der Waals surface area contributed by atoms with Crippen LogP contribution in [0.5, 0.6) is 0 Å². The number of hydrogen-bond acceptors (Lipinski definition) is 2. The minimum atomic E-state index is 0. The molecule has 0 aromatic heterocycles. The van der Waals surface area contributed by atoms with Crippen LogP contribution in [0.15, 0.2) is 11.6 Å². The van der Waals surface area contributed by atoms with E-state index >= 15 is 0 Å². The minimum Gasteiger partial charge on any atom is -0.302 e. The quantitative estimate of drug-likeness (QED) is 0.666. The molecule has 0 N–H and O–H groups in total. The maximum Gasteiger partial charge on any atom is 0.156 e. The van der Waals surface area contributed by atoms with Gasteiger partial charge in [0, 0.05) is 18.7 Å². The van der Waals surface area contributed by atoms with Crippen molar-refractivity contribution in [3.63, 3.8) is 0 Å². The Kier molecular flexibility index (Phi) is 4.61. The molecule has 1 aliphatic heterocycles. The molecule has 0 amide bonds. The van der Waals surface area contributed by atoms with Gasteiger partial charge in [-0.05, 0) is 20.4 Å². The van der Waals surface area contributed by atoms with Crippen molar-refractivity contribution >= 4 is 22.8 Å². The van der Waals surface area contributed by atoms with Crippen LogP contribution in [0.1, 0.15) is 13.3 Å². The van der Waals surface area contributed by atoms with E-state index in [1.807, 2.05) is 13.1 Å². The number of hydrogen-bond donors (Lipinski definition) is 0. The molecule has 0 atom stereocenters. The highest BCUT2D eigenvalue weighted by Gasteiger charge is 2.10. The summed E-state index contributed by atoms with van der Waals surface area (Å²) in [4.78, 5) is 13.0. The molecule has 2 nitrogen and oxygen atoms in total. The van der Waals surface area contributed by atoms with Gasteiger partial charge >= 0.3 is 0 Å². The zero-order valence-corrected chi connectivity index (χ0v) is 8.68. The largest absolute Gasteiger partial charge is 0.302 e. The monoisotopic (exact) mass is 219 g/mol. The van der Waals surface area contributed by atoms with Gasteiger partial charge in [-0.2, -0.15) is 0 Å². The normalized spacial score (nSPS) is 18.5. The molecule has 64 valence electrons. The van der Waals surface area contributed by atoms with Gasteiger partial charge in [0.15, 0.2) is 5.78 Å². The average Bonchev–Trinajstić information content (AvgIpc) is 1.88. The topological polar surface area (TPSA) is 20.3 Å². The third-order valence-electron chi connectivity index (χ3n) is 1.79. The molecule has 0 aromatic rings. The summed E-state index contributed by atoms with van der Waals surface area (Å²) >= 11 is 0. The minimum absolute atomic E-state index is 0. The highest BCUT2D eigenvalue weighted by molar-refractivity contribution is 8.93. The summed E-state index contributed by atoms with van der Waals surface area (Å²) < 4.78 is 0. The van der Waals surface area contributed by atoms with Gasteiger partial charge in [-0.3, -0.25) is 4.79 Å². The van der Waals surface area contributed by atoms with Crippen molar-refractivity contribution in [1.82, 2.24) is 4.90 Å². The highest BCUT2D eigenvalue weighted by atomic mass is 79.9. The summed E-state index contributed by atoms with van der Waals surface area (Å²) in [5.74, 6) is 0.214. The van der Waals surface area contributed by atoms with E-state index in [-0.39, 0.29) is 22.8 Å². The second kappa shape index (κ2) is 4.67. The molecular formula is C8H14BrNO. The maximum absolute atomic E-state index is 10.8. The summed E-state index contributed by atoms with van der Waals surface area (Å²) in [6, 6.07) is 0. The summed E-state index contributed by atoms with van der Waals surface area (Å²) in [6.07, 6.45) is 3.06. The van der Waals surface area contributed by atoms with Crippen LogP contribution in [0.3, 0.4) is 0 Å². The van der Waals surface area contributed by atoms with Gasteiger partial charge in [0.05, 0.1) is 0 Å². The first kappa shape index (κ1) is 10.8. The van der Waals surface area contributed by atoms with Crippen LogP contribution in [-0.4, -0.2) is 30.8 Å². The van der Waals surface area contributed by atoms with E-state index in [2.05, 4.69) is 4.90 Å². The first-order valence-electron chi connectivity index (χ1n) is 3.58. The molecule has 1 heterocycles. The van der Waals surface area contributed by atoms with Gasteiger partial charge in [0.25, 0.3) is 0 Å². The zero-order valence-electron chi connectivity index (χ0n) is 6.96. The average molecular weight is 220 g/mol. The molecule has 1 rings (SSSR count). The lowest BCUT2D eigenvalue weighted by atomic mass is 10.1. The first-order chi connectivity index (χ1) is 4.70. The van der Waals surface area contributed by atoms with Crippen LogP contribution in [0.25, 0.3) is 0 Å². The third kappa shape index (κ3) is 3.16. The number of ketones is 1. The summed E-state index contributed by atoms with van der Waals surface area (Å²) in [5, 5.41) is 0. The molecular weight excluding hydrogens is 206 g/mol. The molecule has 11 heavy (non-hydrogen) atoms. The van der Waals surface area contributed by atoms with Gasteiger partial charge in [0.2, 0.25) is 0 Å². The van der Waals surface area contributed by atoms with Crippen molar-refractivity contribution in [1.29, 1.82) is 0 Å². The fraction of sp³-hybridized carbons (Fsp3) is 0.625. The van der Waals surface area contributed by atoms with Gasteiger partial charge in [-0.25, -0.2) is 0 Å². The second-order valence-corrected chi connectivity index (χ2v) is 2.81. The second-order valence-electron chi connectivity index (χ2n) is 2.81. The Bertz CT molecular complexity index is 177. The predicted octanol–water partition coefficient (Wildman–Crippen LogP) is 1.42. The van der Waals surface area contributed by atoms with Crippen molar-refractivity contribution in [2.75, 3.05) is 20.1 Å². The van der Waals surface area contributed by atoms with Crippen molar-refractivity contribution < 1.29 is 4.79 Å². The lowest BCUT2D eigenvalue weighted by Crippen LogP contribution is -2.27. The number of nitrogens with zero attached hydrogens (tertiary/aromatic N) is 1. The molecule has 0 aliphatic carbocycles. The molecule has 0 unspecified atom stereocenters. The van der Waals surface area contributed by atoms with E-state index in [4.69, 9.17) is 0 Å². The number of Topliss-reactive ketones (excluding diaryl/α,β-unsaturated/α-hetero) is 1. The van der Waals surface area contributed by atoms with Crippen molar-refractivity contribution in [3.8, 4) is 0 Å². The third-order valence-corrected chi connectivity index (χ3v) is 1.79. The molecule has 0 saturated carbocycles. The summed E-state index contributed by atoms with van der Waals surface area (Å²) in [5.41, 5.74) is 0.966. The van der Waals surface area contributed by atoms with Gasteiger partial charge in [-0.15, -0.1) is 17.0 Å². The molecule has 0 aromatic carbocycles. The van der Waals surface area contributed by atoms with Gasteiger partial charge in [-0.1, -0.05) is 6.08 Å². The molecule has 0 spiro atoms. The van der Waals surface area contributed by atoms with E-state index < -0.39 is 0 Å². The lowest BCUT2D eigenvalue weighted by molar-refractivity contribution is -0.113. The summed E-state index contributed by atoms with van der Waals surface area (Å²) in [6.45, 7) is 3.54. The van der Waals surface area contributed by atoms with E-state index in [1.54, 1.807) is 6.92 Å². The number of halogens is 1. The smallest absolute Gasteiger partial charge is 0.156 e. The molecule has 0 bridgehead atoms. The van der Waals surface area contributed by atoms with E-state index in [0.717, 1.165) is 25.1 Å². The maximum atomic E-state index is 10.8. The van der Waals surface area contributed by atoms with Crippen molar-refractivity contribution in [2.24, 2.45) is 0 Å². The van der Waals surface area contributed by atoms with Crippen molar-refractivity contribution in [2.45, 2.75) is 13.3 Å². The van der Waals surface area contributed by atoms with Gasteiger partial charge < -0.3 is 4.90 Å². The van der Waals surface area contributed by atoms with Crippen LogP contribution in [-0.2, 0) is 4.79 Å². The number of likely N-dealkylation sites (N-methyl/N-ethyl adjacent to an activating group) is 1. The molecule has 1 aliphatic rings. The molecule has 0 saturated heterocycles. The Balaban J connectivity index is 0.000001000. The zero-order chi connectivity index (χ0) is 7.56. The molecule has 3 heteroatoms. The van der Waals surface area contributed by atoms with Crippen LogP contribution in [0, 0.1) is 0 Å². The van der Waals surface area contributed by atoms with Crippen molar-refractivity contribution in [3.05, 3.63) is 11.6 Å². The van der Waals surface area contributed by atoms with E-state index in [0.29, 0.717) is 0 Å². The van der Waals surface area contributed by atoms with Crippen LogP contribution in [0.4, 0.5) is 0 Å². The summed E-state index contributed by atoms with van der Waals surface area (Å²) in [7, 11) is 2.04. The first-order valence-corrected chi connectivity index (χ1v) is 3.58. The van der Waals surface area contributed by atoms with E-state index in [9.17, 15) is 4.79 Å². The lowest BCUT2D eigenvalue weighted by Gasteiger charge is -2.21. The fourth-order valence-corrected chi connectivity index (χ4v) is 1.15. The number of carbonyl (C=O) groups is 1. The highest BCUT2D eigenvalue weighted by Crippen LogP contribution is 2.07. The Hall–Kier alpha value is -0.150. The van der Waals surface area contributed by atoms with Gasteiger partial charge in [0.1, 0.15) is 0 Å². The van der Waals surface area contributed by atoms with Crippen LogP contribution >= 0.6 is 17.0 Å².